The highest BCUT2D eigenvalue weighted by Gasteiger charge is 2.24. The average Bonchev–Trinajstić information content (AvgIpc) is 2.90. The monoisotopic (exact) mass is 548 g/mol. The van der Waals surface area contributed by atoms with Crippen molar-refractivity contribution < 1.29 is 18.5 Å². The first-order valence-corrected chi connectivity index (χ1v) is 18.3. The molecule has 0 aliphatic rings. The summed E-state index contributed by atoms with van der Waals surface area (Å²) in [5, 5.41) is 0. The first kappa shape index (κ1) is 39.3. The van der Waals surface area contributed by atoms with Crippen LogP contribution in [-0.4, -0.2) is 43.4 Å². The third-order valence-electron chi connectivity index (χ3n) is 8.02. The fraction of sp³-hybridized carbons (Fsp3) is 1.00. The lowest BCUT2D eigenvalue weighted by molar-refractivity contribution is -0.929. The fourth-order valence-corrected chi connectivity index (χ4v) is 6.66. The van der Waals surface area contributed by atoms with Crippen LogP contribution in [0.2, 0.25) is 0 Å². The summed E-state index contributed by atoms with van der Waals surface area (Å²) in [5.41, 5.74) is 0. The second-order valence-corrected chi connectivity index (χ2v) is 13.4. The van der Waals surface area contributed by atoms with Gasteiger partial charge in [0, 0.05) is 6.16 Å². The zero-order valence-corrected chi connectivity index (χ0v) is 27.7. The lowest BCUT2D eigenvalue weighted by atomic mass is 10.0. The van der Waals surface area contributed by atoms with E-state index in [1.807, 2.05) is 0 Å². The number of unbranched alkanes of at least 4 members (excludes halogenated alkanes) is 6. The molecule has 0 saturated carbocycles. The van der Waals surface area contributed by atoms with Crippen LogP contribution in [0, 0.1) is 11.8 Å². The van der Waals surface area contributed by atoms with Gasteiger partial charge in [-0.25, -0.2) is 0 Å². The minimum atomic E-state index is -3.65. The standard InChI is InChI=1S/C16H36N.C16H35O3P/c1-5-9-13-17(14-10-6-2,15-11-7-3)16-12-8-4;1-5-9-11-15(7-3)13-19-20(17,18)14-16(8-4)12-10-6-2/h5-16H2,1-4H3;15-16H,5-14H2,1-4H3,(H,17,18)/q+1;/p-1. The van der Waals surface area contributed by atoms with Gasteiger partial charge < -0.3 is 18.5 Å². The van der Waals surface area contributed by atoms with E-state index in [2.05, 4.69) is 55.4 Å². The van der Waals surface area contributed by atoms with Crippen molar-refractivity contribution in [1.29, 1.82) is 0 Å². The lowest BCUT2D eigenvalue weighted by Gasteiger charge is -2.39. The number of nitrogens with zero attached hydrogens (tertiary/aromatic N) is 1. The number of rotatable bonds is 25. The smallest absolute Gasteiger partial charge is 0.135 e. The molecule has 0 aromatic rings. The first-order valence-electron chi connectivity index (χ1n) is 16.5. The molecular weight excluding hydrogens is 477 g/mol. The van der Waals surface area contributed by atoms with Crippen LogP contribution < -0.4 is 4.89 Å². The van der Waals surface area contributed by atoms with Crippen LogP contribution in [0.25, 0.3) is 0 Å². The van der Waals surface area contributed by atoms with Gasteiger partial charge in [-0.2, -0.15) is 0 Å². The van der Waals surface area contributed by atoms with Crippen LogP contribution in [0.15, 0.2) is 0 Å². The van der Waals surface area contributed by atoms with E-state index < -0.39 is 7.60 Å². The highest BCUT2D eigenvalue weighted by molar-refractivity contribution is 7.51. The van der Waals surface area contributed by atoms with E-state index >= 15 is 0 Å². The molecule has 0 rings (SSSR count). The second kappa shape index (κ2) is 26.3. The molecule has 4 nitrogen and oxygen atoms in total. The highest BCUT2D eigenvalue weighted by Crippen LogP contribution is 2.42. The molecule has 3 unspecified atom stereocenters. The maximum absolute atomic E-state index is 12.1. The maximum Gasteiger partial charge on any atom is 0.135 e. The largest absolute Gasteiger partial charge is 0.778 e. The molecule has 226 valence electrons. The topological polar surface area (TPSA) is 49.4 Å². The summed E-state index contributed by atoms with van der Waals surface area (Å²) in [4.78, 5) is 12.1. The van der Waals surface area contributed by atoms with Crippen LogP contribution >= 0.6 is 7.60 Å². The zero-order valence-electron chi connectivity index (χ0n) is 26.8. The van der Waals surface area contributed by atoms with E-state index in [4.69, 9.17) is 4.52 Å². The summed E-state index contributed by atoms with van der Waals surface area (Å²) in [6, 6.07) is 0. The minimum Gasteiger partial charge on any atom is -0.778 e. The van der Waals surface area contributed by atoms with Gasteiger partial charge in [0.2, 0.25) is 0 Å². The van der Waals surface area contributed by atoms with Crippen LogP contribution in [0.4, 0.5) is 0 Å². The normalized spacial score (nSPS) is 15.1. The van der Waals surface area contributed by atoms with Crippen LogP contribution in [0.5, 0.6) is 0 Å². The number of quaternary nitrogens is 1. The van der Waals surface area contributed by atoms with Gasteiger partial charge in [-0.05, 0) is 50.4 Å². The third kappa shape index (κ3) is 22.6. The Hall–Kier alpha value is 0.110. The molecule has 0 spiro atoms. The predicted octanol–water partition coefficient (Wildman–Crippen LogP) is 9.99. The van der Waals surface area contributed by atoms with Gasteiger partial charge in [-0.3, -0.25) is 0 Å². The van der Waals surface area contributed by atoms with Gasteiger partial charge in [0.15, 0.2) is 0 Å². The molecule has 5 heteroatoms. The summed E-state index contributed by atoms with van der Waals surface area (Å²) in [5.74, 6) is 0.641. The molecule has 3 atom stereocenters. The molecule has 0 aliphatic heterocycles. The van der Waals surface area contributed by atoms with Crippen molar-refractivity contribution in [2.45, 2.75) is 158 Å². The maximum atomic E-state index is 12.1. The van der Waals surface area contributed by atoms with E-state index in [1.165, 1.54) is 82.0 Å². The van der Waals surface area contributed by atoms with Crippen molar-refractivity contribution in [2.24, 2.45) is 11.8 Å². The fourth-order valence-electron chi connectivity index (χ4n) is 5.05. The molecule has 0 aliphatic carbocycles. The second-order valence-electron chi connectivity index (χ2n) is 11.6. The summed E-state index contributed by atoms with van der Waals surface area (Å²) >= 11 is 0. The van der Waals surface area contributed by atoms with Crippen molar-refractivity contribution in [3.63, 3.8) is 0 Å². The molecule has 0 aromatic carbocycles. The van der Waals surface area contributed by atoms with Gasteiger partial charge in [0.25, 0.3) is 0 Å². The van der Waals surface area contributed by atoms with Gasteiger partial charge >= 0.3 is 0 Å². The van der Waals surface area contributed by atoms with Gasteiger partial charge in [-0.15, -0.1) is 0 Å². The van der Waals surface area contributed by atoms with Crippen LogP contribution in [0.3, 0.4) is 0 Å². The molecule has 0 bridgehead atoms. The quantitative estimate of drug-likeness (QED) is 0.0844. The average molecular weight is 548 g/mol. The Morgan fingerprint density at radius 3 is 1.27 bits per heavy atom. The van der Waals surface area contributed by atoms with Crippen molar-refractivity contribution >= 4 is 7.60 Å². The highest BCUT2D eigenvalue weighted by atomic mass is 31.2. The first-order chi connectivity index (χ1) is 17.7. The molecule has 0 fully saturated rings. The molecule has 37 heavy (non-hydrogen) atoms. The van der Waals surface area contributed by atoms with Crippen LogP contribution in [0.1, 0.15) is 158 Å². The van der Waals surface area contributed by atoms with Gasteiger partial charge in [0.1, 0.15) is 7.60 Å². The number of hydrogen-bond donors (Lipinski definition) is 0. The summed E-state index contributed by atoms with van der Waals surface area (Å²) in [6.45, 7) is 23.9. The van der Waals surface area contributed by atoms with E-state index in [0.29, 0.717) is 12.5 Å². The van der Waals surface area contributed by atoms with Crippen molar-refractivity contribution in [2.75, 3.05) is 38.9 Å². The molecule has 0 radical (unpaired) electrons. The Morgan fingerprint density at radius 1 is 0.595 bits per heavy atom. The van der Waals surface area contributed by atoms with E-state index in [1.54, 1.807) is 0 Å². The molecule has 0 heterocycles. The molecule has 0 N–H and O–H groups in total. The van der Waals surface area contributed by atoms with Crippen LogP contribution in [-0.2, 0) is 9.09 Å². The summed E-state index contributed by atoms with van der Waals surface area (Å²) in [6.07, 6.45) is 19.8. The third-order valence-corrected chi connectivity index (χ3v) is 9.53. The Kier molecular flexibility index (Phi) is 27.9. The Balaban J connectivity index is 0. The van der Waals surface area contributed by atoms with E-state index in [-0.39, 0.29) is 12.1 Å². The minimum absolute atomic E-state index is 0.216. The Labute approximate surface area is 234 Å². The number of hydrogen-bond acceptors (Lipinski definition) is 3. The van der Waals surface area contributed by atoms with E-state index in [0.717, 1.165) is 51.4 Å². The summed E-state index contributed by atoms with van der Waals surface area (Å²) < 4.78 is 18.8. The molecule has 0 amide bonds. The van der Waals surface area contributed by atoms with Crippen molar-refractivity contribution in [3.05, 3.63) is 0 Å². The van der Waals surface area contributed by atoms with Crippen molar-refractivity contribution in [3.8, 4) is 0 Å². The molecule has 0 saturated heterocycles. The SMILES string of the molecule is CCCCC(CC)COP(=O)([O-])CC(CC)CCCC.CCCC[N+](CCCC)(CCCC)CCCC. The molecule has 0 aromatic heterocycles. The van der Waals surface area contributed by atoms with Gasteiger partial charge in [0.05, 0.1) is 32.8 Å². The lowest BCUT2D eigenvalue weighted by Crippen LogP contribution is -2.50. The molecular formula is C32H70NO3P. The van der Waals surface area contributed by atoms with Gasteiger partial charge in [-0.1, -0.05) is 120 Å². The van der Waals surface area contributed by atoms with E-state index in [9.17, 15) is 9.46 Å². The van der Waals surface area contributed by atoms with Crippen molar-refractivity contribution in [1.82, 2.24) is 0 Å². The summed E-state index contributed by atoms with van der Waals surface area (Å²) in [7, 11) is -3.65. The Morgan fingerprint density at radius 2 is 0.946 bits per heavy atom. The zero-order chi connectivity index (χ0) is 28.4. The predicted molar refractivity (Wildman–Crippen MR) is 164 cm³/mol. The Bertz CT molecular complexity index is 477.